The Bertz CT molecular complexity index is 64.1. The molecule has 0 aromatic carbocycles. The second kappa shape index (κ2) is 10.4. The smallest absolute Gasteiger partial charge is 0.306 e. The van der Waals surface area contributed by atoms with Gasteiger partial charge in [-0.1, -0.05) is 13.8 Å². The number of ether oxygens (including phenoxy) is 1. The second-order valence-corrected chi connectivity index (χ2v) is 1.11. The molecule has 0 aromatic rings. The van der Waals surface area contributed by atoms with E-state index in [1.165, 1.54) is 7.11 Å². The fourth-order valence-corrected chi connectivity index (χ4v) is 0.220. The third-order valence-electron chi connectivity index (χ3n) is 0.576. The quantitative estimate of drug-likeness (QED) is 0.559. The normalized spacial score (nSPS) is 7.11. The summed E-state index contributed by atoms with van der Waals surface area (Å²) >= 11 is 0. The predicted molar refractivity (Wildman–Crippen MR) is 37.0 cm³/mol. The molecule has 0 atom stereocenters. The maximum absolute atomic E-state index is 10.1. The summed E-state index contributed by atoms with van der Waals surface area (Å²) < 4.78 is 4.27. The van der Waals surface area contributed by atoms with E-state index in [2.05, 4.69) is 4.74 Å². The van der Waals surface area contributed by atoms with E-state index in [0.717, 1.165) is 0 Å². The first-order valence-electron chi connectivity index (χ1n) is 3.08. The van der Waals surface area contributed by atoms with Crippen LogP contribution in [-0.4, -0.2) is 19.6 Å². The maximum Gasteiger partial charge on any atom is 0.306 e. The minimum absolute atomic E-state index is 0.248. The van der Waals surface area contributed by atoms with Gasteiger partial charge in [0.2, 0.25) is 0 Å². The van der Waals surface area contributed by atoms with Crippen LogP contribution in [0, 0.1) is 0 Å². The van der Waals surface area contributed by atoms with Gasteiger partial charge in [-0.05, 0) is 0 Å². The number of rotatable bonds is 2. The van der Waals surface area contributed by atoms with E-state index in [-0.39, 0.29) is 5.97 Å². The zero-order valence-electron chi connectivity index (χ0n) is 6.31. The fourth-order valence-electron chi connectivity index (χ4n) is 0.220. The molecule has 3 nitrogen and oxygen atoms in total. The van der Waals surface area contributed by atoms with Crippen LogP contribution in [0.2, 0.25) is 0 Å². The van der Waals surface area contributed by atoms with Crippen molar-refractivity contribution in [3.8, 4) is 0 Å². The van der Waals surface area contributed by atoms with E-state index in [1.807, 2.05) is 13.8 Å². The first-order chi connectivity index (χ1) is 4.31. The van der Waals surface area contributed by atoms with Gasteiger partial charge < -0.3 is 10.5 Å². The molecule has 0 aromatic heterocycles. The minimum atomic E-state index is -0.248. The van der Waals surface area contributed by atoms with Crippen LogP contribution in [0.3, 0.4) is 0 Å². The van der Waals surface area contributed by atoms with Gasteiger partial charge in [-0.2, -0.15) is 0 Å². The highest BCUT2D eigenvalue weighted by molar-refractivity contribution is 5.69. The molecule has 0 saturated heterocycles. The van der Waals surface area contributed by atoms with Gasteiger partial charge in [-0.25, -0.2) is 0 Å². The lowest BCUT2D eigenvalue weighted by Gasteiger charge is -1.91. The summed E-state index contributed by atoms with van der Waals surface area (Å²) in [4.78, 5) is 10.1. The number of nitrogens with two attached hydrogens (primary N) is 1. The number of carbonyl (C=O) groups excluding carboxylic acids is 1. The summed E-state index contributed by atoms with van der Waals surface area (Å²) in [5, 5.41) is 0. The molecule has 56 valence electrons. The van der Waals surface area contributed by atoms with Crippen molar-refractivity contribution in [1.29, 1.82) is 0 Å². The Morgan fingerprint density at radius 2 is 2.00 bits per heavy atom. The van der Waals surface area contributed by atoms with Gasteiger partial charge in [-0.15, -0.1) is 0 Å². The maximum atomic E-state index is 10.1. The van der Waals surface area contributed by atoms with Crippen molar-refractivity contribution >= 4 is 5.97 Å². The van der Waals surface area contributed by atoms with Crippen LogP contribution in [-0.2, 0) is 9.53 Å². The van der Waals surface area contributed by atoms with E-state index in [4.69, 9.17) is 5.73 Å². The van der Waals surface area contributed by atoms with E-state index >= 15 is 0 Å². The van der Waals surface area contributed by atoms with E-state index in [0.29, 0.717) is 13.0 Å². The van der Waals surface area contributed by atoms with Crippen LogP contribution in [0.5, 0.6) is 0 Å². The zero-order chi connectivity index (χ0) is 7.70. The third kappa shape index (κ3) is 11.2. The largest absolute Gasteiger partial charge is 0.469 e. The molecular weight excluding hydrogens is 118 g/mol. The molecule has 0 spiro atoms. The number of carbonyl (C=O) groups is 1. The molecule has 0 aliphatic carbocycles. The molecule has 2 N–H and O–H groups in total. The lowest BCUT2D eigenvalue weighted by Crippen LogP contribution is -2.08. The SMILES string of the molecule is CC.COC(=O)CCN. The second-order valence-electron chi connectivity index (χ2n) is 1.11. The number of esters is 1. The Kier molecular flexibility index (Phi) is 13.0. The van der Waals surface area contributed by atoms with Crippen LogP contribution < -0.4 is 5.73 Å². The van der Waals surface area contributed by atoms with Crippen molar-refractivity contribution in [2.45, 2.75) is 20.3 Å². The average molecular weight is 133 g/mol. The summed E-state index contributed by atoms with van der Waals surface area (Å²) in [5.41, 5.74) is 5.00. The molecule has 0 bridgehead atoms. The zero-order valence-corrected chi connectivity index (χ0v) is 6.31. The van der Waals surface area contributed by atoms with Crippen LogP contribution in [0.25, 0.3) is 0 Å². The molecule has 0 radical (unpaired) electrons. The monoisotopic (exact) mass is 133 g/mol. The van der Waals surface area contributed by atoms with Crippen molar-refractivity contribution in [2.75, 3.05) is 13.7 Å². The van der Waals surface area contributed by atoms with Gasteiger partial charge in [-0.3, -0.25) is 4.79 Å². The molecule has 0 aliphatic heterocycles. The van der Waals surface area contributed by atoms with Gasteiger partial charge in [0.05, 0.1) is 13.5 Å². The van der Waals surface area contributed by atoms with Crippen molar-refractivity contribution in [1.82, 2.24) is 0 Å². The van der Waals surface area contributed by atoms with Crippen LogP contribution in [0.15, 0.2) is 0 Å². The Labute approximate surface area is 56.2 Å². The first kappa shape index (κ1) is 11.3. The van der Waals surface area contributed by atoms with Crippen molar-refractivity contribution in [3.63, 3.8) is 0 Å². The van der Waals surface area contributed by atoms with Crippen LogP contribution >= 0.6 is 0 Å². The summed E-state index contributed by atoms with van der Waals surface area (Å²) in [7, 11) is 1.35. The summed E-state index contributed by atoms with van der Waals surface area (Å²) in [6, 6.07) is 0. The molecule has 0 aliphatic rings. The van der Waals surface area contributed by atoms with Gasteiger partial charge in [0.1, 0.15) is 0 Å². The van der Waals surface area contributed by atoms with Crippen molar-refractivity contribution < 1.29 is 9.53 Å². The molecule has 0 unspecified atom stereocenters. The Hall–Kier alpha value is -0.570. The van der Waals surface area contributed by atoms with Crippen molar-refractivity contribution in [3.05, 3.63) is 0 Å². The highest BCUT2D eigenvalue weighted by Crippen LogP contribution is 1.76. The number of methoxy groups -OCH3 is 1. The summed E-state index contributed by atoms with van der Waals surface area (Å²) in [5.74, 6) is -0.248. The van der Waals surface area contributed by atoms with Crippen LogP contribution in [0.4, 0.5) is 0 Å². The lowest BCUT2D eigenvalue weighted by atomic mass is 10.4. The highest BCUT2D eigenvalue weighted by Gasteiger charge is 1.92. The van der Waals surface area contributed by atoms with E-state index < -0.39 is 0 Å². The first-order valence-corrected chi connectivity index (χ1v) is 3.08. The van der Waals surface area contributed by atoms with Gasteiger partial charge >= 0.3 is 5.97 Å². The minimum Gasteiger partial charge on any atom is -0.469 e. The molecule has 0 fully saturated rings. The van der Waals surface area contributed by atoms with Gasteiger partial charge in [0.25, 0.3) is 0 Å². The molecule has 0 saturated carbocycles. The molecule has 0 rings (SSSR count). The van der Waals surface area contributed by atoms with E-state index in [1.54, 1.807) is 0 Å². The van der Waals surface area contributed by atoms with Crippen molar-refractivity contribution in [2.24, 2.45) is 5.73 Å². The molecule has 3 heteroatoms. The lowest BCUT2D eigenvalue weighted by molar-refractivity contribution is -0.140. The topological polar surface area (TPSA) is 52.3 Å². The predicted octanol–water partition coefficient (Wildman–Crippen LogP) is 0.534. The Morgan fingerprint density at radius 1 is 1.56 bits per heavy atom. The third-order valence-corrected chi connectivity index (χ3v) is 0.576. The van der Waals surface area contributed by atoms with E-state index in [9.17, 15) is 4.79 Å². The standard InChI is InChI=1S/C4H9NO2.C2H6/c1-7-4(6)2-3-5;1-2/h2-3,5H2,1H3;1-2H3. The number of hydrogen-bond acceptors (Lipinski definition) is 3. The average Bonchev–Trinajstić information content (AvgIpc) is 1.93. The molecule has 0 heterocycles. The molecular formula is C6H15NO2. The Balaban J connectivity index is 0. The molecule has 0 amide bonds. The van der Waals surface area contributed by atoms with Gasteiger partial charge in [0.15, 0.2) is 0 Å². The van der Waals surface area contributed by atoms with Crippen LogP contribution in [0.1, 0.15) is 20.3 Å². The Morgan fingerprint density at radius 3 is 2.11 bits per heavy atom. The molecule has 9 heavy (non-hydrogen) atoms. The van der Waals surface area contributed by atoms with Gasteiger partial charge in [0, 0.05) is 6.54 Å². The highest BCUT2D eigenvalue weighted by atomic mass is 16.5. The summed E-state index contributed by atoms with van der Waals surface area (Å²) in [6.07, 6.45) is 0.316. The fraction of sp³-hybridized carbons (Fsp3) is 0.833. The number of hydrogen-bond donors (Lipinski definition) is 1. The summed E-state index contributed by atoms with van der Waals surface area (Å²) in [6.45, 7) is 4.37.